The van der Waals surface area contributed by atoms with Gasteiger partial charge in [0.05, 0.1) is 0 Å². The van der Waals surface area contributed by atoms with E-state index in [-0.39, 0.29) is 0 Å². The molecule has 0 saturated carbocycles. The van der Waals surface area contributed by atoms with Gasteiger partial charge >= 0.3 is 0 Å². The molecule has 1 fully saturated rings. The van der Waals surface area contributed by atoms with Gasteiger partial charge in [-0.25, -0.2) is 0 Å². The molecule has 0 unspecified atom stereocenters. The molecule has 1 saturated heterocycles. The first-order valence-electron chi connectivity index (χ1n) is 8.73. The number of anilines is 2. The van der Waals surface area contributed by atoms with Crippen molar-refractivity contribution in [2.45, 2.75) is 12.8 Å². The molecule has 128 valence electrons. The van der Waals surface area contributed by atoms with Crippen LogP contribution in [0.1, 0.15) is 12.0 Å². The molecule has 2 aromatic carbocycles. The Morgan fingerprint density at radius 2 is 1.67 bits per heavy atom. The summed E-state index contributed by atoms with van der Waals surface area (Å²) in [7, 11) is 2.20. The number of rotatable bonds is 6. The summed E-state index contributed by atoms with van der Waals surface area (Å²) in [5.41, 5.74) is 4.00. The van der Waals surface area contributed by atoms with Gasteiger partial charge < -0.3 is 15.1 Å². The summed E-state index contributed by atoms with van der Waals surface area (Å²) in [5.74, 6) is 0. The molecule has 3 rings (SSSR count). The first kappa shape index (κ1) is 17.1. The van der Waals surface area contributed by atoms with E-state index in [9.17, 15) is 0 Å². The minimum absolute atomic E-state index is 0.779. The van der Waals surface area contributed by atoms with E-state index in [1.165, 1.54) is 11.3 Å². The summed E-state index contributed by atoms with van der Waals surface area (Å²) >= 11 is 5.92. The third-order valence-electron chi connectivity index (χ3n) is 4.63. The van der Waals surface area contributed by atoms with Crippen molar-refractivity contribution in [2.24, 2.45) is 0 Å². The van der Waals surface area contributed by atoms with Crippen LogP contribution in [0.4, 0.5) is 11.4 Å². The molecule has 3 nitrogen and oxygen atoms in total. The summed E-state index contributed by atoms with van der Waals surface area (Å²) < 4.78 is 0. The van der Waals surface area contributed by atoms with E-state index in [2.05, 4.69) is 46.4 Å². The number of hydrogen-bond acceptors (Lipinski definition) is 3. The van der Waals surface area contributed by atoms with Crippen molar-refractivity contribution in [3.8, 4) is 0 Å². The Labute approximate surface area is 150 Å². The quantitative estimate of drug-likeness (QED) is 0.795. The average molecular weight is 344 g/mol. The van der Waals surface area contributed by atoms with Crippen LogP contribution in [0.25, 0.3) is 0 Å². The molecule has 1 aliphatic rings. The summed E-state index contributed by atoms with van der Waals surface area (Å²) in [5, 5.41) is 4.25. The summed E-state index contributed by atoms with van der Waals surface area (Å²) in [6, 6.07) is 16.8. The third kappa shape index (κ3) is 4.65. The van der Waals surface area contributed by atoms with Gasteiger partial charge in [-0.15, -0.1) is 0 Å². The fourth-order valence-electron chi connectivity index (χ4n) is 3.16. The number of aryl methyl sites for hydroxylation is 1. The number of para-hydroxylation sites is 1. The highest BCUT2D eigenvalue weighted by Crippen LogP contribution is 2.23. The largest absolute Gasteiger partial charge is 0.385 e. The highest BCUT2D eigenvalue weighted by molar-refractivity contribution is 6.30. The van der Waals surface area contributed by atoms with E-state index in [0.717, 1.165) is 56.3 Å². The molecule has 0 spiro atoms. The molecule has 1 N–H and O–H groups in total. The van der Waals surface area contributed by atoms with Crippen molar-refractivity contribution in [3.63, 3.8) is 0 Å². The molecular formula is C20H26ClN3. The number of hydrogen-bond donors (Lipinski definition) is 1. The van der Waals surface area contributed by atoms with E-state index in [1.807, 2.05) is 24.3 Å². The SMILES string of the molecule is CN1CCN(c2ccccc2CCCNc2ccc(Cl)cc2)CC1. The van der Waals surface area contributed by atoms with Crippen LogP contribution in [0.3, 0.4) is 0 Å². The van der Waals surface area contributed by atoms with Crippen molar-refractivity contribution in [2.75, 3.05) is 50.0 Å². The monoisotopic (exact) mass is 343 g/mol. The van der Waals surface area contributed by atoms with Crippen LogP contribution in [0.5, 0.6) is 0 Å². The van der Waals surface area contributed by atoms with Gasteiger partial charge in [-0.1, -0.05) is 29.8 Å². The van der Waals surface area contributed by atoms with E-state index < -0.39 is 0 Å². The topological polar surface area (TPSA) is 18.5 Å². The fourth-order valence-corrected chi connectivity index (χ4v) is 3.28. The maximum absolute atomic E-state index is 5.92. The lowest BCUT2D eigenvalue weighted by molar-refractivity contribution is 0.312. The number of likely N-dealkylation sites (N-methyl/N-ethyl adjacent to an activating group) is 1. The lowest BCUT2D eigenvalue weighted by Gasteiger charge is -2.35. The lowest BCUT2D eigenvalue weighted by Crippen LogP contribution is -2.44. The zero-order valence-corrected chi connectivity index (χ0v) is 15.1. The van der Waals surface area contributed by atoms with Gasteiger partial charge in [-0.05, 0) is 55.8 Å². The van der Waals surface area contributed by atoms with Gasteiger partial charge in [0.2, 0.25) is 0 Å². The standard InChI is InChI=1S/C20H26ClN3/c1-23-13-15-24(16-14-23)20-7-3-2-5-17(20)6-4-12-22-19-10-8-18(21)9-11-19/h2-3,5,7-11,22H,4,6,12-16H2,1H3. The molecule has 0 bridgehead atoms. The van der Waals surface area contributed by atoms with Crippen LogP contribution in [0.2, 0.25) is 5.02 Å². The van der Waals surface area contributed by atoms with Crippen LogP contribution < -0.4 is 10.2 Å². The Hall–Kier alpha value is -1.71. The van der Waals surface area contributed by atoms with E-state index in [4.69, 9.17) is 11.6 Å². The normalized spacial score (nSPS) is 15.5. The molecule has 0 aliphatic carbocycles. The van der Waals surface area contributed by atoms with Gasteiger partial charge in [0.25, 0.3) is 0 Å². The van der Waals surface area contributed by atoms with Crippen molar-refractivity contribution in [1.82, 2.24) is 4.90 Å². The minimum atomic E-state index is 0.779. The molecule has 1 aliphatic heterocycles. The zero-order chi connectivity index (χ0) is 16.8. The van der Waals surface area contributed by atoms with Crippen LogP contribution in [0, 0.1) is 0 Å². The van der Waals surface area contributed by atoms with Crippen LogP contribution >= 0.6 is 11.6 Å². The van der Waals surface area contributed by atoms with Crippen LogP contribution in [-0.2, 0) is 6.42 Å². The average Bonchev–Trinajstić information content (AvgIpc) is 2.61. The number of nitrogens with one attached hydrogen (secondary N) is 1. The van der Waals surface area contributed by atoms with Gasteiger partial charge in [-0.2, -0.15) is 0 Å². The molecule has 2 aromatic rings. The van der Waals surface area contributed by atoms with Crippen molar-refractivity contribution >= 4 is 23.0 Å². The number of nitrogens with zero attached hydrogens (tertiary/aromatic N) is 2. The fraction of sp³-hybridized carbons (Fsp3) is 0.400. The second-order valence-electron chi connectivity index (χ2n) is 6.46. The molecule has 0 amide bonds. The van der Waals surface area contributed by atoms with Gasteiger partial charge in [0.1, 0.15) is 0 Å². The van der Waals surface area contributed by atoms with Crippen molar-refractivity contribution in [3.05, 3.63) is 59.1 Å². The Morgan fingerprint density at radius 1 is 0.958 bits per heavy atom. The molecule has 0 radical (unpaired) electrons. The minimum Gasteiger partial charge on any atom is -0.385 e. The first-order valence-corrected chi connectivity index (χ1v) is 9.11. The van der Waals surface area contributed by atoms with Gasteiger partial charge in [0, 0.05) is 49.1 Å². The van der Waals surface area contributed by atoms with E-state index in [0.29, 0.717) is 0 Å². The molecule has 24 heavy (non-hydrogen) atoms. The smallest absolute Gasteiger partial charge is 0.0407 e. The molecule has 0 aromatic heterocycles. The molecule has 0 atom stereocenters. The van der Waals surface area contributed by atoms with E-state index >= 15 is 0 Å². The van der Waals surface area contributed by atoms with Crippen molar-refractivity contribution < 1.29 is 0 Å². The highest BCUT2D eigenvalue weighted by atomic mass is 35.5. The maximum Gasteiger partial charge on any atom is 0.0407 e. The predicted octanol–water partition coefficient (Wildman–Crippen LogP) is 4.14. The third-order valence-corrected chi connectivity index (χ3v) is 4.88. The Kier molecular flexibility index (Phi) is 6.00. The number of piperazine rings is 1. The molecule has 4 heteroatoms. The van der Waals surface area contributed by atoms with E-state index in [1.54, 1.807) is 0 Å². The second-order valence-corrected chi connectivity index (χ2v) is 6.89. The van der Waals surface area contributed by atoms with Crippen LogP contribution in [-0.4, -0.2) is 44.7 Å². The zero-order valence-electron chi connectivity index (χ0n) is 14.3. The summed E-state index contributed by atoms with van der Waals surface area (Å²) in [4.78, 5) is 4.93. The number of halogens is 1. The van der Waals surface area contributed by atoms with Crippen molar-refractivity contribution in [1.29, 1.82) is 0 Å². The number of benzene rings is 2. The maximum atomic E-state index is 5.92. The lowest BCUT2D eigenvalue weighted by atomic mass is 10.1. The van der Waals surface area contributed by atoms with Gasteiger partial charge in [0.15, 0.2) is 0 Å². The molecular weight excluding hydrogens is 318 g/mol. The Balaban J connectivity index is 1.52. The first-order chi connectivity index (χ1) is 11.7. The van der Waals surface area contributed by atoms with Gasteiger partial charge in [-0.3, -0.25) is 0 Å². The second kappa shape index (κ2) is 8.41. The molecule has 1 heterocycles. The highest BCUT2D eigenvalue weighted by Gasteiger charge is 2.16. The summed E-state index contributed by atoms with van der Waals surface area (Å²) in [6.07, 6.45) is 2.22. The predicted molar refractivity (Wildman–Crippen MR) is 104 cm³/mol. The summed E-state index contributed by atoms with van der Waals surface area (Å²) in [6.45, 7) is 5.50. The van der Waals surface area contributed by atoms with Crippen LogP contribution in [0.15, 0.2) is 48.5 Å². The Bertz CT molecular complexity index is 634. The Morgan fingerprint density at radius 3 is 2.42 bits per heavy atom.